The highest BCUT2D eigenvalue weighted by molar-refractivity contribution is 6.06. The number of fused-ring (bicyclic) bond motifs is 7. The van der Waals surface area contributed by atoms with E-state index in [0.717, 1.165) is 16.9 Å². The van der Waals surface area contributed by atoms with Crippen molar-refractivity contribution in [3.05, 3.63) is 223 Å². The van der Waals surface area contributed by atoms with Crippen LogP contribution in [0.25, 0.3) is 77.2 Å². The van der Waals surface area contributed by atoms with Crippen molar-refractivity contribution in [2.75, 3.05) is 5.73 Å². The van der Waals surface area contributed by atoms with E-state index in [0.29, 0.717) is 0 Å². The normalized spacial score (nSPS) is 12.2. The first-order chi connectivity index (χ1) is 27.9. The molecule has 2 nitrogen and oxygen atoms in total. The fourth-order valence-corrected chi connectivity index (χ4v) is 8.20. The lowest BCUT2D eigenvalue weighted by Gasteiger charge is -2.22. The molecule has 0 saturated heterocycles. The van der Waals surface area contributed by atoms with Gasteiger partial charge in [0.1, 0.15) is 11.2 Å². The van der Waals surface area contributed by atoms with E-state index in [-0.39, 0.29) is 5.41 Å². The predicted octanol–water partition coefficient (Wildman–Crippen LogP) is 15.0. The summed E-state index contributed by atoms with van der Waals surface area (Å²) in [4.78, 5) is 0. The number of hydrogen-bond donors (Lipinski definition) is 1. The Morgan fingerprint density at radius 3 is 1.56 bits per heavy atom. The van der Waals surface area contributed by atoms with Gasteiger partial charge in [-0.05, 0) is 103 Å². The number of furan rings is 1. The number of nitrogen functional groups attached to an aromatic ring is 1. The smallest absolute Gasteiger partial charge is 0.135 e. The lowest BCUT2D eigenvalue weighted by molar-refractivity contribution is 0.661. The maximum atomic E-state index is 6.01. The molecule has 274 valence electrons. The molecule has 1 aliphatic carbocycles. The molecule has 0 atom stereocenters. The van der Waals surface area contributed by atoms with Crippen molar-refractivity contribution >= 4 is 38.4 Å². The van der Waals surface area contributed by atoms with Crippen LogP contribution in [0, 0.1) is 0 Å². The number of hydrogen-bond acceptors (Lipinski definition) is 2. The SMILES string of the molecule is CC1(C)c2cc(N)ccc2-c2ccc(-c3ccccc3)cc21.c1ccc(-c2ccc3oc4ccccc4c3c2)cc1.c1ccc(-c2cccc3ccccc23)cc1. The van der Waals surface area contributed by atoms with Gasteiger partial charge in [-0.3, -0.25) is 0 Å². The fourth-order valence-electron chi connectivity index (χ4n) is 8.20. The molecule has 9 aromatic carbocycles. The van der Waals surface area contributed by atoms with Crippen molar-refractivity contribution < 1.29 is 4.42 Å². The summed E-state index contributed by atoms with van der Waals surface area (Å²) in [6.45, 7) is 4.57. The third kappa shape index (κ3) is 6.99. The molecule has 1 aromatic heterocycles. The third-order valence-electron chi connectivity index (χ3n) is 11.2. The van der Waals surface area contributed by atoms with Crippen LogP contribution >= 0.6 is 0 Å². The summed E-state index contributed by atoms with van der Waals surface area (Å²) in [6, 6.07) is 74.1. The molecule has 0 fully saturated rings. The summed E-state index contributed by atoms with van der Waals surface area (Å²) in [5.41, 5.74) is 21.7. The van der Waals surface area contributed by atoms with Gasteiger partial charge in [0.05, 0.1) is 0 Å². The van der Waals surface area contributed by atoms with Gasteiger partial charge in [-0.15, -0.1) is 0 Å². The standard InChI is InChI=1S/C21H19N.C18H12O.C16H12/c1-21(2)19-12-15(14-6-4-3-5-7-14)8-10-17(19)18-11-9-16(22)13-20(18)21;1-2-6-13(7-3-1)14-10-11-18-16(12-14)15-8-4-5-9-17(15)19-18;1-2-7-13(8-3-1)16-12-6-10-14-9-4-5-11-15(14)16/h3-13H,22H2,1-2H3;1-12H;1-12H. The van der Waals surface area contributed by atoms with E-state index in [1.165, 1.54) is 77.2 Å². The predicted molar refractivity (Wildman–Crippen MR) is 242 cm³/mol. The van der Waals surface area contributed by atoms with Crippen LogP contribution in [0.5, 0.6) is 0 Å². The molecule has 11 rings (SSSR count). The van der Waals surface area contributed by atoms with Gasteiger partial charge < -0.3 is 10.2 Å². The first kappa shape index (κ1) is 35.5. The molecule has 0 unspecified atom stereocenters. The molecule has 0 aliphatic heterocycles. The minimum Gasteiger partial charge on any atom is -0.456 e. The lowest BCUT2D eigenvalue weighted by Crippen LogP contribution is -2.15. The molecule has 2 heteroatoms. The molecule has 2 N–H and O–H groups in total. The van der Waals surface area contributed by atoms with E-state index in [9.17, 15) is 0 Å². The Balaban J connectivity index is 0.000000113. The highest BCUT2D eigenvalue weighted by Crippen LogP contribution is 2.50. The largest absolute Gasteiger partial charge is 0.456 e. The van der Waals surface area contributed by atoms with Crippen molar-refractivity contribution in [1.82, 2.24) is 0 Å². The Kier molecular flexibility index (Phi) is 9.46. The van der Waals surface area contributed by atoms with Gasteiger partial charge in [0.25, 0.3) is 0 Å². The molecule has 0 bridgehead atoms. The quantitative estimate of drug-likeness (QED) is 0.184. The van der Waals surface area contributed by atoms with Crippen LogP contribution in [-0.4, -0.2) is 0 Å². The summed E-state index contributed by atoms with van der Waals surface area (Å²) in [6.07, 6.45) is 0. The molecule has 57 heavy (non-hydrogen) atoms. The number of nitrogens with two attached hydrogens (primary N) is 1. The molecule has 1 heterocycles. The van der Waals surface area contributed by atoms with Crippen molar-refractivity contribution in [3.63, 3.8) is 0 Å². The van der Waals surface area contributed by atoms with Crippen LogP contribution in [0.3, 0.4) is 0 Å². The van der Waals surface area contributed by atoms with Gasteiger partial charge in [0, 0.05) is 21.9 Å². The molecule has 0 radical (unpaired) electrons. The van der Waals surface area contributed by atoms with Crippen molar-refractivity contribution in [1.29, 1.82) is 0 Å². The zero-order valence-electron chi connectivity index (χ0n) is 32.2. The number of rotatable bonds is 3. The molecular formula is C55H43NO. The van der Waals surface area contributed by atoms with E-state index in [1.807, 2.05) is 30.3 Å². The van der Waals surface area contributed by atoms with E-state index < -0.39 is 0 Å². The van der Waals surface area contributed by atoms with Crippen LogP contribution < -0.4 is 5.73 Å². The van der Waals surface area contributed by atoms with E-state index >= 15 is 0 Å². The third-order valence-corrected chi connectivity index (χ3v) is 11.2. The molecule has 10 aromatic rings. The average molecular weight is 734 g/mol. The molecule has 0 spiro atoms. The second-order valence-corrected chi connectivity index (χ2v) is 15.1. The summed E-state index contributed by atoms with van der Waals surface area (Å²) in [7, 11) is 0. The first-order valence-electron chi connectivity index (χ1n) is 19.5. The summed E-state index contributed by atoms with van der Waals surface area (Å²) in [5, 5.41) is 4.97. The summed E-state index contributed by atoms with van der Waals surface area (Å²) >= 11 is 0. The van der Waals surface area contributed by atoms with Crippen molar-refractivity contribution in [3.8, 4) is 44.5 Å². The Bertz CT molecular complexity index is 2970. The summed E-state index contributed by atoms with van der Waals surface area (Å²) in [5.74, 6) is 0. The number of para-hydroxylation sites is 1. The lowest BCUT2D eigenvalue weighted by atomic mass is 9.81. The zero-order valence-corrected chi connectivity index (χ0v) is 32.2. The van der Waals surface area contributed by atoms with Gasteiger partial charge in [-0.25, -0.2) is 0 Å². The van der Waals surface area contributed by atoms with E-state index in [2.05, 4.69) is 196 Å². The number of anilines is 1. The van der Waals surface area contributed by atoms with E-state index in [4.69, 9.17) is 10.2 Å². The van der Waals surface area contributed by atoms with Crippen molar-refractivity contribution in [2.45, 2.75) is 19.3 Å². The maximum Gasteiger partial charge on any atom is 0.135 e. The van der Waals surface area contributed by atoms with Gasteiger partial charge in [0.15, 0.2) is 0 Å². The van der Waals surface area contributed by atoms with Crippen LogP contribution in [0.1, 0.15) is 25.0 Å². The summed E-state index contributed by atoms with van der Waals surface area (Å²) < 4.78 is 5.84. The van der Waals surface area contributed by atoms with Crippen LogP contribution in [0.2, 0.25) is 0 Å². The Labute approximate surface area is 334 Å². The molecule has 0 amide bonds. The Morgan fingerprint density at radius 2 is 0.860 bits per heavy atom. The number of benzene rings is 9. The molecule has 1 aliphatic rings. The Morgan fingerprint density at radius 1 is 0.351 bits per heavy atom. The van der Waals surface area contributed by atoms with Crippen LogP contribution in [-0.2, 0) is 5.41 Å². The van der Waals surface area contributed by atoms with Crippen LogP contribution in [0.4, 0.5) is 5.69 Å². The second-order valence-electron chi connectivity index (χ2n) is 15.1. The van der Waals surface area contributed by atoms with Gasteiger partial charge in [0.2, 0.25) is 0 Å². The molecular weight excluding hydrogens is 691 g/mol. The first-order valence-corrected chi connectivity index (χ1v) is 19.5. The van der Waals surface area contributed by atoms with Crippen LogP contribution in [0.15, 0.2) is 217 Å². The minimum atomic E-state index is -0.00909. The highest BCUT2D eigenvalue weighted by atomic mass is 16.3. The maximum absolute atomic E-state index is 6.01. The van der Waals surface area contributed by atoms with E-state index in [1.54, 1.807) is 0 Å². The fraction of sp³-hybridized carbons (Fsp3) is 0.0545. The zero-order chi connectivity index (χ0) is 38.8. The van der Waals surface area contributed by atoms with Crippen molar-refractivity contribution in [2.24, 2.45) is 0 Å². The topological polar surface area (TPSA) is 39.2 Å². The monoisotopic (exact) mass is 733 g/mol. The molecule has 0 saturated carbocycles. The second kappa shape index (κ2) is 15.2. The van der Waals surface area contributed by atoms with Gasteiger partial charge in [-0.1, -0.05) is 190 Å². The highest BCUT2D eigenvalue weighted by Gasteiger charge is 2.35. The average Bonchev–Trinajstić information content (AvgIpc) is 3.75. The van der Waals surface area contributed by atoms with Gasteiger partial charge >= 0.3 is 0 Å². The minimum absolute atomic E-state index is 0.00909. The Hall–Kier alpha value is -7.16. The van der Waals surface area contributed by atoms with Gasteiger partial charge in [-0.2, -0.15) is 0 Å².